The lowest BCUT2D eigenvalue weighted by atomic mass is 10.1. The van der Waals surface area contributed by atoms with Crippen LogP contribution in [0, 0.1) is 0 Å². The molecule has 33 heavy (non-hydrogen) atoms. The Morgan fingerprint density at radius 3 is 2.52 bits per heavy atom. The Morgan fingerprint density at radius 2 is 1.94 bits per heavy atom. The molecule has 0 aliphatic carbocycles. The number of nitrogens with one attached hydrogen (secondary N) is 1. The molecule has 178 valence electrons. The highest BCUT2D eigenvalue weighted by molar-refractivity contribution is 7.92. The molecular weight excluding hydrogens is 486 g/mol. The molecule has 0 saturated heterocycles. The van der Waals surface area contributed by atoms with Crippen molar-refractivity contribution in [3.05, 3.63) is 51.1 Å². The SMILES string of the molecule is CCC(C(=O)Nc1ccc2c(c1)sc(=O)n2C(C)C)N(c1cc(Cl)ccc1OC)S(C)(=O)=O. The summed E-state index contributed by atoms with van der Waals surface area (Å²) in [4.78, 5) is 25.5. The number of hydrogen-bond acceptors (Lipinski definition) is 6. The number of halogens is 1. The number of anilines is 2. The van der Waals surface area contributed by atoms with Gasteiger partial charge in [-0.05, 0) is 56.7 Å². The van der Waals surface area contributed by atoms with E-state index in [4.69, 9.17) is 16.3 Å². The molecule has 1 heterocycles. The summed E-state index contributed by atoms with van der Waals surface area (Å²) < 4.78 is 34.3. The molecule has 3 rings (SSSR count). The summed E-state index contributed by atoms with van der Waals surface area (Å²) >= 11 is 7.21. The molecule has 11 heteroatoms. The second kappa shape index (κ2) is 9.74. The van der Waals surface area contributed by atoms with Crippen molar-refractivity contribution in [2.24, 2.45) is 0 Å². The normalized spacial score (nSPS) is 12.7. The molecular formula is C22H26ClN3O5S2. The maximum atomic E-state index is 13.3. The van der Waals surface area contributed by atoms with Crippen molar-refractivity contribution in [2.45, 2.75) is 39.3 Å². The van der Waals surface area contributed by atoms with Gasteiger partial charge in [-0.15, -0.1) is 0 Å². The summed E-state index contributed by atoms with van der Waals surface area (Å²) in [6.07, 6.45) is 1.23. The number of amides is 1. The average molecular weight is 512 g/mol. The van der Waals surface area contributed by atoms with E-state index < -0.39 is 22.0 Å². The van der Waals surface area contributed by atoms with Crippen LogP contribution in [0.25, 0.3) is 10.2 Å². The number of carbonyl (C=O) groups excluding carboxylic acids is 1. The largest absolute Gasteiger partial charge is 0.495 e. The third kappa shape index (κ3) is 5.18. The van der Waals surface area contributed by atoms with E-state index in [9.17, 15) is 18.0 Å². The Balaban J connectivity index is 2.00. The fourth-order valence-electron chi connectivity index (χ4n) is 3.70. The van der Waals surface area contributed by atoms with Crippen LogP contribution < -0.4 is 19.2 Å². The molecule has 0 saturated carbocycles. The number of benzene rings is 2. The van der Waals surface area contributed by atoms with E-state index in [2.05, 4.69) is 5.32 Å². The number of sulfonamides is 1. The first-order chi connectivity index (χ1) is 15.5. The van der Waals surface area contributed by atoms with Crippen LogP contribution in [0.1, 0.15) is 33.2 Å². The average Bonchev–Trinajstić information content (AvgIpc) is 3.05. The monoisotopic (exact) mass is 511 g/mol. The minimum Gasteiger partial charge on any atom is -0.495 e. The van der Waals surface area contributed by atoms with Crippen LogP contribution in [0.3, 0.4) is 0 Å². The second-order valence-corrected chi connectivity index (χ2v) is 11.1. The number of aromatic nitrogens is 1. The van der Waals surface area contributed by atoms with Crippen molar-refractivity contribution in [2.75, 3.05) is 23.0 Å². The molecule has 1 atom stereocenters. The quantitative estimate of drug-likeness (QED) is 0.480. The van der Waals surface area contributed by atoms with E-state index in [0.717, 1.165) is 32.1 Å². The van der Waals surface area contributed by atoms with Crippen molar-refractivity contribution < 1.29 is 17.9 Å². The summed E-state index contributed by atoms with van der Waals surface area (Å²) in [6, 6.07) is 8.73. The summed E-state index contributed by atoms with van der Waals surface area (Å²) in [5.41, 5.74) is 1.43. The lowest BCUT2D eigenvalue weighted by Gasteiger charge is -2.31. The predicted molar refractivity (Wildman–Crippen MR) is 135 cm³/mol. The Labute approximate surface area is 201 Å². The maximum absolute atomic E-state index is 13.3. The van der Waals surface area contributed by atoms with Crippen molar-refractivity contribution in [1.82, 2.24) is 4.57 Å². The van der Waals surface area contributed by atoms with Crippen LogP contribution in [-0.2, 0) is 14.8 Å². The third-order valence-electron chi connectivity index (χ3n) is 5.11. The van der Waals surface area contributed by atoms with E-state index in [-0.39, 0.29) is 28.8 Å². The smallest absolute Gasteiger partial charge is 0.308 e. The van der Waals surface area contributed by atoms with Crippen LogP contribution in [-0.4, -0.2) is 38.3 Å². The summed E-state index contributed by atoms with van der Waals surface area (Å²) in [7, 11) is -2.46. The lowest BCUT2D eigenvalue weighted by Crippen LogP contribution is -2.47. The van der Waals surface area contributed by atoms with Crippen molar-refractivity contribution >= 4 is 60.5 Å². The maximum Gasteiger partial charge on any atom is 0.308 e. The highest BCUT2D eigenvalue weighted by Gasteiger charge is 2.33. The van der Waals surface area contributed by atoms with Crippen LogP contribution in [0.5, 0.6) is 5.75 Å². The van der Waals surface area contributed by atoms with Crippen molar-refractivity contribution in [3.8, 4) is 5.75 Å². The molecule has 1 amide bonds. The minimum absolute atomic E-state index is 0.00663. The molecule has 0 spiro atoms. The standard InChI is InChI=1S/C22H26ClN3O5S2/c1-6-16(26(33(5,29)30)18-11-14(23)7-10-19(18)31-4)21(27)24-15-8-9-17-20(12-15)32-22(28)25(17)13(2)3/h7-13,16H,6H2,1-5H3,(H,24,27). The molecule has 0 radical (unpaired) electrons. The van der Waals surface area contributed by atoms with E-state index in [1.807, 2.05) is 13.8 Å². The fourth-order valence-corrected chi connectivity index (χ4v) is 6.13. The van der Waals surface area contributed by atoms with Gasteiger partial charge in [0.15, 0.2) is 0 Å². The third-order valence-corrected chi connectivity index (χ3v) is 7.42. The molecule has 1 N–H and O–H groups in total. The van der Waals surface area contributed by atoms with Gasteiger partial charge in [-0.1, -0.05) is 29.9 Å². The van der Waals surface area contributed by atoms with Crippen molar-refractivity contribution in [3.63, 3.8) is 0 Å². The van der Waals surface area contributed by atoms with Crippen LogP contribution in [0.4, 0.5) is 11.4 Å². The Kier molecular flexibility index (Phi) is 7.40. The van der Waals surface area contributed by atoms with Crippen LogP contribution in [0.15, 0.2) is 41.2 Å². The predicted octanol–water partition coefficient (Wildman–Crippen LogP) is 4.49. The van der Waals surface area contributed by atoms with Crippen LogP contribution in [0.2, 0.25) is 5.02 Å². The molecule has 2 aromatic carbocycles. The molecule has 0 aliphatic rings. The van der Waals surface area contributed by atoms with Crippen LogP contribution >= 0.6 is 22.9 Å². The minimum atomic E-state index is -3.87. The van der Waals surface area contributed by atoms with Gasteiger partial charge >= 0.3 is 4.87 Å². The Morgan fingerprint density at radius 1 is 1.24 bits per heavy atom. The van der Waals surface area contributed by atoms with Crippen molar-refractivity contribution in [1.29, 1.82) is 0 Å². The zero-order valence-corrected chi connectivity index (χ0v) is 21.3. The Bertz CT molecular complexity index is 1350. The molecule has 1 aromatic heterocycles. The van der Waals surface area contributed by atoms with Gasteiger partial charge in [0.25, 0.3) is 0 Å². The topological polar surface area (TPSA) is 97.7 Å². The number of carbonyl (C=O) groups is 1. The number of fused-ring (bicyclic) bond motifs is 1. The molecule has 0 fully saturated rings. The van der Waals surface area contributed by atoms with E-state index in [1.54, 1.807) is 41.8 Å². The molecule has 0 aliphatic heterocycles. The van der Waals surface area contributed by atoms with Gasteiger partial charge in [-0.3, -0.25) is 18.5 Å². The van der Waals surface area contributed by atoms with Gasteiger partial charge in [0.2, 0.25) is 15.9 Å². The fraction of sp³-hybridized carbons (Fsp3) is 0.364. The summed E-state index contributed by atoms with van der Waals surface area (Å²) in [5.74, 6) is -0.239. The van der Waals surface area contributed by atoms with Gasteiger partial charge in [0.1, 0.15) is 11.8 Å². The van der Waals surface area contributed by atoms with Gasteiger partial charge in [0.05, 0.1) is 29.3 Å². The summed E-state index contributed by atoms with van der Waals surface area (Å²) in [5, 5.41) is 3.10. The number of rotatable bonds is 8. The zero-order chi connectivity index (χ0) is 24.5. The van der Waals surface area contributed by atoms with E-state index in [0.29, 0.717) is 10.7 Å². The summed E-state index contributed by atoms with van der Waals surface area (Å²) in [6.45, 7) is 5.58. The van der Waals surface area contributed by atoms with Gasteiger partial charge in [-0.25, -0.2) is 8.42 Å². The van der Waals surface area contributed by atoms with E-state index in [1.165, 1.54) is 13.2 Å². The highest BCUT2D eigenvalue weighted by Crippen LogP contribution is 2.35. The first kappa shape index (κ1) is 25.1. The van der Waals surface area contributed by atoms with Gasteiger partial charge < -0.3 is 10.1 Å². The first-order valence-corrected chi connectivity index (χ1v) is 13.3. The number of ether oxygens (including phenoxy) is 1. The molecule has 0 bridgehead atoms. The number of methoxy groups -OCH3 is 1. The highest BCUT2D eigenvalue weighted by atomic mass is 35.5. The molecule has 1 unspecified atom stereocenters. The van der Waals surface area contributed by atoms with E-state index >= 15 is 0 Å². The van der Waals surface area contributed by atoms with Gasteiger partial charge in [0, 0.05) is 16.8 Å². The van der Waals surface area contributed by atoms with Gasteiger partial charge in [-0.2, -0.15) is 0 Å². The second-order valence-electron chi connectivity index (χ2n) is 7.80. The molecule has 8 nitrogen and oxygen atoms in total. The lowest BCUT2D eigenvalue weighted by molar-refractivity contribution is -0.117. The number of nitrogens with zero attached hydrogens (tertiary/aromatic N) is 2. The number of hydrogen-bond donors (Lipinski definition) is 1. The number of thiazole rings is 1. The first-order valence-electron chi connectivity index (χ1n) is 10.3. The zero-order valence-electron chi connectivity index (χ0n) is 19.0. The molecule has 3 aromatic rings. The Hall–Kier alpha value is -2.56.